The van der Waals surface area contributed by atoms with Crippen molar-refractivity contribution < 1.29 is 22.7 Å². The predicted molar refractivity (Wildman–Crippen MR) is 124 cm³/mol. The molecule has 2 aromatic rings. The van der Waals surface area contributed by atoms with Crippen LogP contribution in [0.4, 0.5) is 5.69 Å². The second kappa shape index (κ2) is 11.2. The van der Waals surface area contributed by atoms with Crippen molar-refractivity contribution in [2.75, 3.05) is 45.7 Å². The van der Waals surface area contributed by atoms with Gasteiger partial charge in [0.05, 0.1) is 19.1 Å². The average Bonchev–Trinajstić information content (AvgIpc) is 2.84. The molecule has 0 aromatic heterocycles. The summed E-state index contributed by atoms with van der Waals surface area (Å²) >= 11 is 0. The number of nitrogens with one attached hydrogen (secondary N) is 2. The van der Waals surface area contributed by atoms with Crippen LogP contribution in [-0.4, -0.2) is 59.0 Å². The van der Waals surface area contributed by atoms with E-state index < -0.39 is 10.0 Å². The fraction of sp³-hybridized carbons (Fsp3) is 0.435. The Balaban J connectivity index is 1.45. The molecular formula is C23H31N3O5S. The molecule has 32 heavy (non-hydrogen) atoms. The zero-order chi connectivity index (χ0) is 23.0. The summed E-state index contributed by atoms with van der Waals surface area (Å²) in [6.45, 7) is 1.98. The molecule has 2 aromatic carbocycles. The van der Waals surface area contributed by atoms with Crippen molar-refractivity contribution in [1.82, 2.24) is 9.62 Å². The quantitative estimate of drug-likeness (QED) is 0.528. The lowest BCUT2D eigenvalue weighted by Crippen LogP contribution is -2.43. The van der Waals surface area contributed by atoms with Gasteiger partial charge in [-0.25, -0.2) is 8.42 Å². The molecule has 3 rings (SSSR count). The molecule has 1 aliphatic heterocycles. The molecule has 1 aliphatic rings. The third-order valence-corrected chi connectivity index (χ3v) is 7.47. The topological polar surface area (TPSA) is 97.0 Å². The number of carbonyl (C=O) groups is 1. The molecule has 1 saturated heterocycles. The molecule has 0 unspecified atom stereocenters. The fourth-order valence-electron chi connectivity index (χ4n) is 3.72. The lowest BCUT2D eigenvalue weighted by Gasteiger charge is -2.30. The summed E-state index contributed by atoms with van der Waals surface area (Å²) in [5.41, 5.74) is 1.06. The molecule has 1 fully saturated rings. The molecule has 0 atom stereocenters. The summed E-state index contributed by atoms with van der Waals surface area (Å²) in [4.78, 5) is 12.6. The molecule has 8 nitrogen and oxygen atoms in total. The zero-order valence-electron chi connectivity index (χ0n) is 18.5. The van der Waals surface area contributed by atoms with Gasteiger partial charge in [-0.3, -0.25) is 4.79 Å². The molecule has 2 N–H and O–H groups in total. The van der Waals surface area contributed by atoms with Crippen molar-refractivity contribution in [3.8, 4) is 11.5 Å². The summed E-state index contributed by atoms with van der Waals surface area (Å²) < 4.78 is 37.9. The molecule has 1 amide bonds. The van der Waals surface area contributed by atoms with Gasteiger partial charge in [-0.1, -0.05) is 18.2 Å². The predicted octanol–water partition coefficient (Wildman–Crippen LogP) is 2.72. The summed E-state index contributed by atoms with van der Waals surface area (Å²) in [6.07, 6.45) is 1.81. The Hall–Kier alpha value is -2.78. The van der Waals surface area contributed by atoms with E-state index in [4.69, 9.17) is 9.47 Å². The van der Waals surface area contributed by atoms with Gasteiger partial charge in [0.1, 0.15) is 0 Å². The number of hydrogen-bond acceptors (Lipinski definition) is 6. The number of rotatable bonds is 10. The van der Waals surface area contributed by atoms with E-state index in [0.29, 0.717) is 44.0 Å². The number of anilines is 1. The second-order valence-corrected chi connectivity index (χ2v) is 9.57. The molecule has 0 bridgehead atoms. The third kappa shape index (κ3) is 5.92. The summed E-state index contributed by atoms with van der Waals surface area (Å²) in [5, 5.41) is 6.28. The van der Waals surface area contributed by atoms with Crippen LogP contribution >= 0.6 is 0 Å². The van der Waals surface area contributed by atoms with E-state index in [9.17, 15) is 13.2 Å². The van der Waals surface area contributed by atoms with Crippen molar-refractivity contribution in [2.24, 2.45) is 5.92 Å². The van der Waals surface area contributed by atoms with Crippen LogP contribution in [0.5, 0.6) is 11.5 Å². The molecule has 0 spiro atoms. The molecule has 0 saturated carbocycles. The third-order valence-electron chi connectivity index (χ3n) is 5.57. The minimum Gasteiger partial charge on any atom is -0.493 e. The van der Waals surface area contributed by atoms with E-state index in [1.165, 1.54) is 30.7 Å². The molecule has 0 aliphatic carbocycles. The zero-order valence-corrected chi connectivity index (χ0v) is 19.4. The maximum Gasteiger partial charge on any atom is 0.243 e. The summed E-state index contributed by atoms with van der Waals surface area (Å²) in [6, 6.07) is 14.5. The van der Waals surface area contributed by atoms with Crippen LogP contribution in [-0.2, 0) is 14.8 Å². The first-order chi connectivity index (χ1) is 15.5. The summed E-state index contributed by atoms with van der Waals surface area (Å²) in [5.74, 6) is 0.659. The standard InChI is InChI=1S/C23H31N3O5S/c1-30-21-10-9-20(17-22(21)31-2)32(28,29)26-15-11-18(12-16-26)23(27)25-14-6-13-24-19-7-4-3-5-8-19/h3-5,7-10,17-18,24H,6,11-16H2,1-2H3,(H,25,27). The minimum atomic E-state index is -3.66. The Morgan fingerprint density at radius 3 is 2.34 bits per heavy atom. The van der Waals surface area contributed by atoms with E-state index in [2.05, 4.69) is 10.6 Å². The molecular weight excluding hydrogens is 430 g/mol. The SMILES string of the molecule is COc1ccc(S(=O)(=O)N2CCC(C(=O)NCCCNc3ccccc3)CC2)cc1OC. The van der Waals surface area contributed by atoms with Crippen molar-refractivity contribution in [3.63, 3.8) is 0 Å². The van der Waals surface area contributed by atoms with Gasteiger partial charge in [-0.2, -0.15) is 4.31 Å². The lowest BCUT2D eigenvalue weighted by atomic mass is 9.97. The minimum absolute atomic E-state index is 0.00660. The molecule has 174 valence electrons. The molecule has 9 heteroatoms. The van der Waals surface area contributed by atoms with E-state index in [1.807, 2.05) is 30.3 Å². The Labute approximate surface area is 190 Å². The van der Waals surface area contributed by atoms with E-state index in [0.717, 1.165) is 18.7 Å². The maximum atomic E-state index is 13.0. The van der Waals surface area contributed by atoms with Crippen LogP contribution in [0.1, 0.15) is 19.3 Å². The van der Waals surface area contributed by atoms with Crippen LogP contribution in [0.15, 0.2) is 53.4 Å². The Morgan fingerprint density at radius 1 is 1.00 bits per heavy atom. The van der Waals surface area contributed by atoms with Crippen molar-refractivity contribution in [3.05, 3.63) is 48.5 Å². The van der Waals surface area contributed by atoms with E-state index in [1.54, 1.807) is 6.07 Å². The van der Waals surface area contributed by atoms with Crippen LogP contribution in [0.25, 0.3) is 0 Å². The van der Waals surface area contributed by atoms with Gasteiger partial charge >= 0.3 is 0 Å². The number of benzene rings is 2. The Bertz CT molecular complexity index is 990. The van der Waals surface area contributed by atoms with E-state index in [-0.39, 0.29) is 16.7 Å². The molecule has 1 heterocycles. The number of para-hydroxylation sites is 1. The normalized spacial score (nSPS) is 15.2. The molecule has 0 radical (unpaired) electrons. The number of methoxy groups -OCH3 is 2. The largest absolute Gasteiger partial charge is 0.493 e. The highest BCUT2D eigenvalue weighted by atomic mass is 32.2. The first-order valence-corrected chi connectivity index (χ1v) is 12.2. The number of sulfonamides is 1. The van der Waals surface area contributed by atoms with Crippen molar-refractivity contribution in [2.45, 2.75) is 24.2 Å². The first kappa shape index (κ1) is 23.9. The monoisotopic (exact) mass is 461 g/mol. The first-order valence-electron chi connectivity index (χ1n) is 10.7. The number of carbonyl (C=O) groups excluding carboxylic acids is 1. The highest BCUT2D eigenvalue weighted by Gasteiger charge is 2.32. The number of nitrogens with zero attached hydrogens (tertiary/aromatic N) is 1. The Kier molecular flexibility index (Phi) is 8.35. The van der Waals surface area contributed by atoms with Crippen molar-refractivity contribution >= 4 is 21.6 Å². The van der Waals surface area contributed by atoms with Crippen LogP contribution < -0.4 is 20.1 Å². The number of hydrogen-bond donors (Lipinski definition) is 2. The van der Waals surface area contributed by atoms with Crippen LogP contribution in [0.3, 0.4) is 0 Å². The summed E-state index contributed by atoms with van der Waals surface area (Å²) in [7, 11) is -0.692. The fourth-order valence-corrected chi connectivity index (χ4v) is 5.20. The average molecular weight is 462 g/mol. The number of ether oxygens (including phenoxy) is 2. The maximum absolute atomic E-state index is 13.0. The van der Waals surface area contributed by atoms with Gasteiger partial charge in [0.2, 0.25) is 15.9 Å². The van der Waals surface area contributed by atoms with Crippen LogP contribution in [0, 0.1) is 5.92 Å². The van der Waals surface area contributed by atoms with Crippen LogP contribution in [0.2, 0.25) is 0 Å². The van der Waals surface area contributed by atoms with Crippen molar-refractivity contribution in [1.29, 1.82) is 0 Å². The van der Waals surface area contributed by atoms with Gasteiger partial charge in [0, 0.05) is 43.9 Å². The van der Waals surface area contributed by atoms with Gasteiger partial charge in [0.25, 0.3) is 0 Å². The van der Waals surface area contributed by atoms with Gasteiger partial charge in [0.15, 0.2) is 11.5 Å². The Morgan fingerprint density at radius 2 is 1.69 bits per heavy atom. The lowest BCUT2D eigenvalue weighted by molar-refractivity contribution is -0.126. The smallest absolute Gasteiger partial charge is 0.243 e. The highest BCUT2D eigenvalue weighted by molar-refractivity contribution is 7.89. The highest BCUT2D eigenvalue weighted by Crippen LogP contribution is 2.32. The number of amides is 1. The van der Waals surface area contributed by atoms with Gasteiger partial charge in [-0.05, 0) is 43.5 Å². The van der Waals surface area contributed by atoms with Gasteiger partial charge < -0.3 is 20.1 Å². The number of piperidine rings is 1. The van der Waals surface area contributed by atoms with E-state index >= 15 is 0 Å². The second-order valence-electron chi connectivity index (χ2n) is 7.63. The van der Waals surface area contributed by atoms with Gasteiger partial charge in [-0.15, -0.1) is 0 Å².